The number of rotatable bonds is 4. The van der Waals surface area contributed by atoms with E-state index in [9.17, 15) is 0 Å². The van der Waals surface area contributed by atoms with Gasteiger partial charge in [-0.2, -0.15) is 0 Å². The van der Waals surface area contributed by atoms with Gasteiger partial charge in [-0.3, -0.25) is 0 Å². The summed E-state index contributed by atoms with van der Waals surface area (Å²) in [6.07, 6.45) is 0. The van der Waals surface area contributed by atoms with Gasteiger partial charge in [-0.1, -0.05) is 72.8 Å². The zero-order valence-electron chi connectivity index (χ0n) is 13.1. The van der Waals surface area contributed by atoms with Gasteiger partial charge >= 0.3 is 0 Å². The van der Waals surface area contributed by atoms with Gasteiger partial charge in [0.05, 0.1) is 0 Å². The maximum atomic E-state index is 2.21. The molecule has 0 saturated carbocycles. The van der Waals surface area contributed by atoms with Gasteiger partial charge in [0.25, 0.3) is 0 Å². The molecule has 0 N–H and O–H groups in total. The normalized spacial score (nSPS) is 12.0. The van der Waals surface area contributed by atoms with E-state index in [4.69, 9.17) is 0 Å². The fraction of sp³-hybridized carbons (Fsp3) is 0. The van der Waals surface area contributed by atoms with Gasteiger partial charge in [-0.25, -0.2) is 0 Å². The lowest BCUT2D eigenvalue weighted by Gasteiger charge is -2.15. The van der Waals surface area contributed by atoms with Crippen molar-refractivity contribution in [2.24, 2.45) is 0 Å². The van der Waals surface area contributed by atoms with Gasteiger partial charge in [0, 0.05) is 20.9 Å². The van der Waals surface area contributed by atoms with Crippen molar-refractivity contribution in [3.8, 4) is 0 Å². The van der Waals surface area contributed by atoms with E-state index in [1.165, 1.54) is 32.0 Å². The third-order valence-electron chi connectivity index (χ3n) is 3.91. The summed E-state index contributed by atoms with van der Waals surface area (Å²) in [6.45, 7) is 0. The highest BCUT2D eigenvalue weighted by atomic mass is 32.1. The maximum absolute atomic E-state index is 2.21. The van der Waals surface area contributed by atoms with E-state index in [1.807, 2.05) is 0 Å². The molecule has 0 saturated heterocycles. The molecule has 4 aromatic rings. The van der Waals surface area contributed by atoms with Crippen LogP contribution in [0.15, 0.2) is 95.7 Å². The van der Waals surface area contributed by atoms with E-state index in [1.54, 1.807) is 22.7 Å². The molecule has 24 heavy (non-hydrogen) atoms. The van der Waals surface area contributed by atoms with Gasteiger partial charge in [0.1, 0.15) is 0 Å². The molecule has 0 aliphatic carbocycles. The summed E-state index contributed by atoms with van der Waals surface area (Å²) < 4.78 is 0. The van der Waals surface area contributed by atoms with E-state index in [0.29, 0.717) is 0 Å². The summed E-state index contributed by atoms with van der Waals surface area (Å²) in [5.41, 5.74) is 5.12. The first-order valence-corrected chi connectivity index (χ1v) is 9.62. The monoisotopic (exact) mass is 344 g/mol. The van der Waals surface area contributed by atoms with Crippen molar-refractivity contribution < 1.29 is 0 Å². The molecule has 0 unspecified atom stereocenters. The van der Waals surface area contributed by atoms with Gasteiger partial charge in [0.2, 0.25) is 0 Å². The van der Waals surface area contributed by atoms with E-state index in [-0.39, 0.29) is 0 Å². The standard InChI is InChI=1S/C22H16S2/c1-3-9-17(10-4-1)21(19-13-7-15-23-19)22(20-14-8-16-24-20)18-11-5-2-6-12-18/h1-16H/b22-21+. The third-order valence-corrected chi connectivity index (χ3v) is 5.68. The highest BCUT2D eigenvalue weighted by molar-refractivity contribution is 7.12. The summed E-state index contributed by atoms with van der Waals surface area (Å²) >= 11 is 3.59. The molecule has 2 aromatic heterocycles. The fourth-order valence-corrected chi connectivity index (χ4v) is 4.47. The number of hydrogen-bond donors (Lipinski definition) is 0. The molecule has 0 atom stereocenters. The Morgan fingerprint density at radius 1 is 0.458 bits per heavy atom. The highest BCUT2D eigenvalue weighted by Crippen LogP contribution is 2.39. The van der Waals surface area contributed by atoms with Gasteiger partial charge < -0.3 is 0 Å². The van der Waals surface area contributed by atoms with Crippen LogP contribution in [0.5, 0.6) is 0 Å². The van der Waals surface area contributed by atoms with Gasteiger partial charge in [-0.15, -0.1) is 22.7 Å². The summed E-state index contributed by atoms with van der Waals surface area (Å²) in [6, 6.07) is 30.1. The molecule has 116 valence electrons. The fourth-order valence-electron chi connectivity index (χ4n) is 2.87. The predicted molar refractivity (Wildman–Crippen MR) is 107 cm³/mol. The number of thiophene rings is 2. The smallest absolute Gasteiger partial charge is 0.0355 e. The molecule has 0 aliphatic heterocycles. The lowest BCUT2D eigenvalue weighted by molar-refractivity contribution is 1.57. The van der Waals surface area contributed by atoms with Gasteiger partial charge in [0.15, 0.2) is 0 Å². The topological polar surface area (TPSA) is 0 Å². The molecular formula is C22H16S2. The molecular weight excluding hydrogens is 328 g/mol. The molecule has 0 bridgehead atoms. The van der Waals surface area contributed by atoms with Crippen molar-refractivity contribution in [3.05, 3.63) is 117 Å². The minimum absolute atomic E-state index is 1.26. The quantitative estimate of drug-likeness (QED) is 0.356. The van der Waals surface area contributed by atoms with Crippen molar-refractivity contribution in [2.45, 2.75) is 0 Å². The summed E-state index contributed by atoms with van der Waals surface area (Å²) in [7, 11) is 0. The van der Waals surface area contributed by atoms with Crippen molar-refractivity contribution in [2.75, 3.05) is 0 Å². The van der Waals surface area contributed by atoms with E-state index < -0.39 is 0 Å². The van der Waals surface area contributed by atoms with Crippen LogP contribution in [0, 0.1) is 0 Å². The SMILES string of the molecule is c1ccc(/C(=C(/c2ccccc2)c2cccs2)c2cccs2)cc1. The Morgan fingerprint density at radius 3 is 1.21 bits per heavy atom. The Balaban J connectivity index is 2.07. The molecule has 2 heterocycles. The molecule has 0 fully saturated rings. The average molecular weight is 345 g/mol. The van der Waals surface area contributed by atoms with Crippen LogP contribution in [0.3, 0.4) is 0 Å². The zero-order chi connectivity index (χ0) is 16.2. The van der Waals surface area contributed by atoms with E-state index >= 15 is 0 Å². The predicted octanol–water partition coefficient (Wildman–Crippen LogP) is 6.82. The second-order valence-electron chi connectivity index (χ2n) is 5.44. The third kappa shape index (κ3) is 2.99. The second-order valence-corrected chi connectivity index (χ2v) is 7.33. The molecule has 2 heteroatoms. The average Bonchev–Trinajstić information content (AvgIpc) is 3.35. The molecule has 4 rings (SSSR count). The highest BCUT2D eigenvalue weighted by Gasteiger charge is 2.17. The summed E-state index contributed by atoms with van der Waals surface area (Å²) in [4.78, 5) is 2.60. The maximum Gasteiger partial charge on any atom is 0.0355 e. The molecule has 2 aromatic carbocycles. The van der Waals surface area contributed by atoms with Crippen LogP contribution < -0.4 is 0 Å². The van der Waals surface area contributed by atoms with Crippen molar-refractivity contribution in [1.82, 2.24) is 0 Å². The lowest BCUT2D eigenvalue weighted by Crippen LogP contribution is -1.94. The van der Waals surface area contributed by atoms with Crippen LogP contribution in [0.1, 0.15) is 20.9 Å². The largest absolute Gasteiger partial charge is 0.144 e. The van der Waals surface area contributed by atoms with Crippen molar-refractivity contribution >= 4 is 33.8 Å². The van der Waals surface area contributed by atoms with Crippen LogP contribution in [0.4, 0.5) is 0 Å². The van der Waals surface area contributed by atoms with E-state index in [0.717, 1.165) is 0 Å². The van der Waals surface area contributed by atoms with Crippen LogP contribution >= 0.6 is 22.7 Å². The van der Waals surface area contributed by atoms with E-state index in [2.05, 4.69) is 95.7 Å². The summed E-state index contributed by atoms with van der Waals surface area (Å²) in [5.74, 6) is 0. The Labute approximate surface area is 150 Å². The van der Waals surface area contributed by atoms with Crippen LogP contribution in [-0.4, -0.2) is 0 Å². The first kappa shape index (κ1) is 15.1. The minimum atomic E-state index is 1.26. The van der Waals surface area contributed by atoms with Crippen LogP contribution in [-0.2, 0) is 0 Å². The number of benzene rings is 2. The zero-order valence-corrected chi connectivity index (χ0v) is 14.7. The molecule has 0 spiro atoms. The Bertz CT molecular complexity index is 837. The van der Waals surface area contributed by atoms with Crippen molar-refractivity contribution in [1.29, 1.82) is 0 Å². The van der Waals surface area contributed by atoms with Gasteiger partial charge in [-0.05, 0) is 34.0 Å². The Morgan fingerprint density at radius 2 is 0.875 bits per heavy atom. The number of hydrogen-bond acceptors (Lipinski definition) is 2. The Hall–Kier alpha value is -2.42. The first-order chi connectivity index (χ1) is 11.9. The molecule has 0 radical (unpaired) electrons. The Kier molecular flexibility index (Phi) is 4.41. The first-order valence-electron chi connectivity index (χ1n) is 7.86. The molecule has 0 amide bonds. The lowest BCUT2D eigenvalue weighted by atomic mass is 9.92. The molecule has 0 nitrogen and oxygen atoms in total. The molecule has 0 aliphatic rings. The minimum Gasteiger partial charge on any atom is -0.144 e. The summed E-state index contributed by atoms with van der Waals surface area (Å²) in [5, 5.41) is 4.30. The van der Waals surface area contributed by atoms with Crippen molar-refractivity contribution in [3.63, 3.8) is 0 Å². The second kappa shape index (κ2) is 7.00. The van der Waals surface area contributed by atoms with Crippen LogP contribution in [0.2, 0.25) is 0 Å². The van der Waals surface area contributed by atoms with Crippen LogP contribution in [0.25, 0.3) is 11.1 Å².